The van der Waals surface area contributed by atoms with Gasteiger partial charge in [0.1, 0.15) is 0 Å². The van der Waals surface area contributed by atoms with E-state index in [1.165, 1.54) is 0 Å². The summed E-state index contributed by atoms with van der Waals surface area (Å²) in [7, 11) is 0. The van der Waals surface area contributed by atoms with Crippen molar-refractivity contribution in [2.24, 2.45) is 0 Å². The SMILES string of the molecule is Cc1noc(-c2cccc(I)c2Cl)n1. The molecule has 0 N–H and O–H groups in total. The summed E-state index contributed by atoms with van der Waals surface area (Å²) < 4.78 is 6.01. The van der Waals surface area contributed by atoms with Gasteiger partial charge in [-0.1, -0.05) is 22.8 Å². The van der Waals surface area contributed by atoms with E-state index in [1.807, 2.05) is 18.2 Å². The molecule has 1 heterocycles. The third-order valence-corrected chi connectivity index (χ3v) is 3.33. The van der Waals surface area contributed by atoms with E-state index >= 15 is 0 Å². The molecular formula is C9H6ClIN2O. The summed E-state index contributed by atoms with van der Waals surface area (Å²) >= 11 is 8.26. The minimum atomic E-state index is 0.464. The molecule has 2 aromatic rings. The highest BCUT2D eigenvalue weighted by molar-refractivity contribution is 14.1. The Morgan fingerprint density at radius 3 is 2.86 bits per heavy atom. The first-order valence-corrected chi connectivity index (χ1v) is 5.39. The molecule has 0 spiro atoms. The maximum absolute atomic E-state index is 6.10. The summed E-state index contributed by atoms with van der Waals surface area (Å²) in [4.78, 5) is 4.12. The van der Waals surface area contributed by atoms with Gasteiger partial charge in [-0.15, -0.1) is 0 Å². The topological polar surface area (TPSA) is 38.9 Å². The fourth-order valence-electron chi connectivity index (χ4n) is 1.08. The third-order valence-electron chi connectivity index (χ3n) is 1.71. The molecule has 0 unspecified atom stereocenters. The van der Waals surface area contributed by atoms with Gasteiger partial charge in [0.25, 0.3) is 5.89 Å². The van der Waals surface area contributed by atoms with E-state index in [4.69, 9.17) is 16.1 Å². The van der Waals surface area contributed by atoms with Gasteiger partial charge in [-0.3, -0.25) is 0 Å². The van der Waals surface area contributed by atoms with Crippen LogP contribution in [0.15, 0.2) is 22.7 Å². The second-order valence-corrected chi connectivity index (χ2v) is 4.29. The standard InChI is InChI=1S/C9H6ClIN2O/c1-5-12-9(14-13-5)6-3-2-4-7(11)8(6)10/h2-4H,1H3. The van der Waals surface area contributed by atoms with Crippen molar-refractivity contribution in [3.8, 4) is 11.5 Å². The van der Waals surface area contributed by atoms with Crippen molar-refractivity contribution in [1.82, 2.24) is 10.1 Å². The lowest BCUT2D eigenvalue weighted by molar-refractivity contribution is 0.425. The van der Waals surface area contributed by atoms with Crippen LogP contribution in [0.25, 0.3) is 11.5 Å². The van der Waals surface area contributed by atoms with Crippen molar-refractivity contribution in [1.29, 1.82) is 0 Å². The van der Waals surface area contributed by atoms with E-state index in [2.05, 4.69) is 32.7 Å². The summed E-state index contributed by atoms with van der Waals surface area (Å²) in [6, 6.07) is 5.69. The summed E-state index contributed by atoms with van der Waals surface area (Å²) in [6.45, 7) is 1.77. The number of benzene rings is 1. The van der Waals surface area contributed by atoms with Gasteiger partial charge < -0.3 is 4.52 Å². The lowest BCUT2D eigenvalue weighted by Crippen LogP contribution is -1.82. The van der Waals surface area contributed by atoms with Gasteiger partial charge in [0, 0.05) is 3.57 Å². The Morgan fingerprint density at radius 2 is 2.21 bits per heavy atom. The minimum absolute atomic E-state index is 0.464. The Kier molecular flexibility index (Phi) is 2.73. The molecule has 0 amide bonds. The first-order chi connectivity index (χ1) is 6.68. The van der Waals surface area contributed by atoms with Crippen LogP contribution < -0.4 is 0 Å². The highest BCUT2D eigenvalue weighted by Gasteiger charge is 2.11. The van der Waals surface area contributed by atoms with Gasteiger partial charge in [-0.05, 0) is 41.6 Å². The molecule has 5 heteroatoms. The highest BCUT2D eigenvalue weighted by Crippen LogP contribution is 2.30. The molecule has 0 saturated carbocycles. The summed E-state index contributed by atoms with van der Waals surface area (Å²) in [5.41, 5.74) is 0.777. The molecule has 72 valence electrons. The zero-order valence-corrected chi connectivity index (χ0v) is 10.2. The highest BCUT2D eigenvalue weighted by atomic mass is 127. The van der Waals surface area contributed by atoms with Gasteiger partial charge in [0.2, 0.25) is 0 Å². The van der Waals surface area contributed by atoms with Crippen LogP contribution in [0.1, 0.15) is 5.82 Å². The van der Waals surface area contributed by atoms with E-state index < -0.39 is 0 Å². The van der Waals surface area contributed by atoms with Gasteiger partial charge in [0.15, 0.2) is 5.82 Å². The molecule has 0 aliphatic heterocycles. The molecule has 0 atom stereocenters. The Labute approximate surface area is 99.6 Å². The average molecular weight is 321 g/mol. The van der Waals surface area contributed by atoms with Crippen molar-refractivity contribution in [3.05, 3.63) is 32.6 Å². The van der Waals surface area contributed by atoms with Crippen molar-refractivity contribution < 1.29 is 4.52 Å². The van der Waals surface area contributed by atoms with Crippen LogP contribution in [0.4, 0.5) is 0 Å². The number of hydrogen-bond donors (Lipinski definition) is 0. The van der Waals surface area contributed by atoms with Gasteiger partial charge >= 0.3 is 0 Å². The van der Waals surface area contributed by atoms with Gasteiger partial charge in [0.05, 0.1) is 10.6 Å². The number of hydrogen-bond acceptors (Lipinski definition) is 3. The predicted octanol–water partition coefficient (Wildman–Crippen LogP) is 3.30. The van der Waals surface area contributed by atoms with Crippen LogP contribution >= 0.6 is 34.2 Å². The maximum Gasteiger partial charge on any atom is 0.259 e. The Morgan fingerprint density at radius 1 is 1.43 bits per heavy atom. The predicted molar refractivity (Wildman–Crippen MR) is 62.2 cm³/mol. The van der Waals surface area contributed by atoms with E-state index in [0.717, 1.165) is 9.13 Å². The monoisotopic (exact) mass is 320 g/mol. The van der Waals surface area contributed by atoms with Gasteiger partial charge in [-0.2, -0.15) is 4.98 Å². The van der Waals surface area contributed by atoms with E-state index in [-0.39, 0.29) is 0 Å². The van der Waals surface area contributed by atoms with Crippen molar-refractivity contribution in [2.45, 2.75) is 6.92 Å². The first-order valence-electron chi connectivity index (χ1n) is 3.93. The molecule has 0 radical (unpaired) electrons. The smallest absolute Gasteiger partial charge is 0.259 e. The fourth-order valence-corrected chi connectivity index (χ4v) is 1.78. The summed E-state index contributed by atoms with van der Waals surface area (Å²) in [5, 5.41) is 4.37. The molecule has 0 aliphatic rings. The summed E-state index contributed by atoms with van der Waals surface area (Å²) in [5.74, 6) is 1.07. The Bertz CT molecular complexity index is 470. The number of nitrogens with zero attached hydrogens (tertiary/aromatic N) is 2. The van der Waals surface area contributed by atoms with E-state index in [9.17, 15) is 0 Å². The molecule has 1 aromatic carbocycles. The third kappa shape index (κ3) is 1.76. The van der Waals surface area contributed by atoms with Crippen LogP contribution in [0.5, 0.6) is 0 Å². The van der Waals surface area contributed by atoms with Crippen molar-refractivity contribution in [3.63, 3.8) is 0 Å². The van der Waals surface area contributed by atoms with Crippen LogP contribution in [-0.4, -0.2) is 10.1 Å². The average Bonchev–Trinajstić information content (AvgIpc) is 2.57. The lowest BCUT2D eigenvalue weighted by Gasteiger charge is -1.99. The van der Waals surface area contributed by atoms with Crippen molar-refractivity contribution in [2.75, 3.05) is 0 Å². The van der Waals surface area contributed by atoms with Crippen LogP contribution in [0, 0.1) is 10.5 Å². The van der Waals surface area contributed by atoms with Crippen LogP contribution in [-0.2, 0) is 0 Å². The zero-order valence-electron chi connectivity index (χ0n) is 7.29. The molecule has 0 saturated heterocycles. The van der Waals surface area contributed by atoms with Gasteiger partial charge in [-0.25, -0.2) is 0 Å². The summed E-state index contributed by atoms with van der Waals surface area (Å²) in [6.07, 6.45) is 0. The number of aryl methyl sites for hydroxylation is 1. The van der Waals surface area contributed by atoms with E-state index in [1.54, 1.807) is 6.92 Å². The molecule has 0 fully saturated rings. The minimum Gasteiger partial charge on any atom is -0.334 e. The Hall–Kier alpha value is -0.620. The largest absolute Gasteiger partial charge is 0.334 e. The number of rotatable bonds is 1. The molecular weight excluding hydrogens is 314 g/mol. The fraction of sp³-hybridized carbons (Fsp3) is 0.111. The molecule has 2 rings (SSSR count). The second kappa shape index (κ2) is 3.86. The van der Waals surface area contributed by atoms with Crippen LogP contribution in [0.2, 0.25) is 5.02 Å². The molecule has 0 aliphatic carbocycles. The number of halogens is 2. The maximum atomic E-state index is 6.10. The lowest BCUT2D eigenvalue weighted by atomic mass is 10.2. The quantitative estimate of drug-likeness (QED) is 0.757. The molecule has 1 aromatic heterocycles. The normalized spacial score (nSPS) is 10.5. The molecule has 3 nitrogen and oxygen atoms in total. The first kappa shape index (κ1) is 9.92. The number of aromatic nitrogens is 2. The van der Waals surface area contributed by atoms with Crippen molar-refractivity contribution >= 4 is 34.2 Å². The second-order valence-electron chi connectivity index (χ2n) is 2.75. The molecule has 14 heavy (non-hydrogen) atoms. The zero-order chi connectivity index (χ0) is 10.1. The Balaban J connectivity index is 2.57. The van der Waals surface area contributed by atoms with Crippen LogP contribution in [0.3, 0.4) is 0 Å². The molecule has 0 bridgehead atoms. The van der Waals surface area contributed by atoms with E-state index in [0.29, 0.717) is 16.7 Å².